The minimum atomic E-state index is -0.246. The van der Waals surface area contributed by atoms with Gasteiger partial charge >= 0.3 is 0 Å². The monoisotopic (exact) mass is 380 g/mol. The minimum absolute atomic E-state index is 0.0597. The zero-order valence-corrected chi connectivity index (χ0v) is 16.9. The second kappa shape index (κ2) is 6.06. The molecular formula is C22H28N4O2. The van der Waals surface area contributed by atoms with Crippen molar-refractivity contribution in [1.29, 1.82) is 0 Å². The number of aromatic amines is 1. The van der Waals surface area contributed by atoms with Crippen molar-refractivity contribution >= 4 is 5.91 Å². The van der Waals surface area contributed by atoms with Crippen LogP contribution >= 0.6 is 0 Å². The van der Waals surface area contributed by atoms with E-state index in [4.69, 9.17) is 4.74 Å². The molecule has 1 aromatic heterocycles. The van der Waals surface area contributed by atoms with Gasteiger partial charge in [0.05, 0.1) is 0 Å². The first kappa shape index (κ1) is 17.7. The van der Waals surface area contributed by atoms with Crippen molar-refractivity contribution in [3.05, 3.63) is 41.5 Å². The number of nitrogens with zero attached hydrogens (tertiary/aromatic N) is 3. The van der Waals surface area contributed by atoms with Gasteiger partial charge < -0.3 is 9.64 Å². The van der Waals surface area contributed by atoms with E-state index in [-0.39, 0.29) is 22.9 Å². The topological polar surface area (TPSA) is 71.1 Å². The fourth-order valence-electron chi connectivity index (χ4n) is 5.43. The van der Waals surface area contributed by atoms with E-state index in [0.29, 0.717) is 5.91 Å². The van der Waals surface area contributed by atoms with Crippen LogP contribution in [0.25, 0.3) is 0 Å². The molecule has 148 valence electrons. The number of carbonyl (C=O) groups is 1. The zero-order chi connectivity index (χ0) is 19.5. The molecule has 1 saturated heterocycles. The number of aromatic nitrogens is 3. The third-order valence-electron chi connectivity index (χ3n) is 6.64. The standard InChI is InChI=1S/C22H28N4O2/c1-14-23-19(25-24-14)15-7-6-10-26(12-15)20(27)17-11-22(17)13-21(2,3)28-18-9-5-4-8-16(18)22/h4-5,8-9,15,17H,6-7,10-13H2,1-3H3,(H,23,24,25)/t15?,17-,22+/m1/s1. The number of likely N-dealkylation sites (tertiary alicyclic amines) is 1. The first-order valence-corrected chi connectivity index (χ1v) is 10.3. The van der Waals surface area contributed by atoms with Gasteiger partial charge in [-0.1, -0.05) is 18.2 Å². The van der Waals surface area contributed by atoms with Crippen molar-refractivity contribution in [2.75, 3.05) is 13.1 Å². The normalized spacial score (nSPS) is 30.6. The quantitative estimate of drug-likeness (QED) is 0.867. The summed E-state index contributed by atoms with van der Waals surface area (Å²) in [5.41, 5.74) is 0.902. The minimum Gasteiger partial charge on any atom is -0.488 e. The average Bonchev–Trinajstić information content (AvgIpc) is 3.19. The SMILES string of the molecule is Cc1nc(C2CCCN(C(=O)[C@H]3C[C@@]34CC(C)(C)Oc3ccccc34)C2)n[nH]1. The number of amides is 1. The molecule has 1 saturated carbocycles. The van der Waals surface area contributed by atoms with Gasteiger partial charge in [-0.25, -0.2) is 4.98 Å². The summed E-state index contributed by atoms with van der Waals surface area (Å²) in [6.45, 7) is 7.75. The van der Waals surface area contributed by atoms with E-state index < -0.39 is 0 Å². The number of aryl methyl sites for hydroxylation is 1. The first-order chi connectivity index (χ1) is 13.4. The molecule has 1 aliphatic carbocycles. The Bertz CT molecular complexity index is 921. The molecule has 1 aromatic carbocycles. The second-order valence-corrected chi connectivity index (χ2v) is 9.35. The molecule has 6 heteroatoms. The fraction of sp³-hybridized carbons (Fsp3) is 0.591. The third-order valence-corrected chi connectivity index (χ3v) is 6.64. The van der Waals surface area contributed by atoms with Crippen molar-refractivity contribution in [3.8, 4) is 5.75 Å². The number of nitrogens with one attached hydrogen (secondary N) is 1. The summed E-state index contributed by atoms with van der Waals surface area (Å²) in [6, 6.07) is 8.26. The van der Waals surface area contributed by atoms with Gasteiger partial charge in [-0.05, 0) is 52.5 Å². The number of rotatable bonds is 2. The number of para-hydroxylation sites is 1. The molecule has 1 spiro atoms. The largest absolute Gasteiger partial charge is 0.488 e. The molecule has 28 heavy (non-hydrogen) atoms. The van der Waals surface area contributed by atoms with E-state index in [1.165, 1.54) is 5.56 Å². The smallest absolute Gasteiger partial charge is 0.226 e. The molecule has 3 aliphatic rings. The Kier molecular flexibility index (Phi) is 3.83. The van der Waals surface area contributed by atoms with Gasteiger partial charge in [0.25, 0.3) is 0 Å². The van der Waals surface area contributed by atoms with Crippen LogP contribution in [-0.2, 0) is 10.2 Å². The summed E-state index contributed by atoms with van der Waals surface area (Å²) in [6.07, 6.45) is 3.87. The Morgan fingerprint density at radius 1 is 1.32 bits per heavy atom. The van der Waals surface area contributed by atoms with Crippen LogP contribution in [0.3, 0.4) is 0 Å². The molecule has 3 atom stereocenters. The van der Waals surface area contributed by atoms with Crippen LogP contribution in [-0.4, -0.2) is 44.7 Å². The summed E-state index contributed by atoms with van der Waals surface area (Å²) < 4.78 is 6.20. The van der Waals surface area contributed by atoms with E-state index in [2.05, 4.69) is 46.1 Å². The highest BCUT2D eigenvalue weighted by atomic mass is 16.5. The highest BCUT2D eigenvalue weighted by Gasteiger charge is 2.64. The molecule has 1 amide bonds. The fourth-order valence-corrected chi connectivity index (χ4v) is 5.43. The molecule has 5 rings (SSSR count). The Labute approximate surface area is 165 Å². The van der Waals surface area contributed by atoms with Crippen LogP contribution in [0.1, 0.15) is 62.7 Å². The Balaban J connectivity index is 1.37. The van der Waals surface area contributed by atoms with Crippen molar-refractivity contribution in [3.63, 3.8) is 0 Å². The lowest BCUT2D eigenvalue weighted by Gasteiger charge is -2.39. The number of carbonyl (C=O) groups excluding carboxylic acids is 1. The van der Waals surface area contributed by atoms with Crippen molar-refractivity contribution in [2.45, 2.75) is 63.4 Å². The summed E-state index contributed by atoms with van der Waals surface area (Å²) in [5.74, 6) is 3.21. The number of H-pyrrole nitrogens is 1. The molecule has 2 aliphatic heterocycles. The molecule has 3 heterocycles. The average molecular weight is 380 g/mol. The summed E-state index contributed by atoms with van der Waals surface area (Å²) in [7, 11) is 0. The van der Waals surface area contributed by atoms with Crippen molar-refractivity contribution in [1.82, 2.24) is 20.1 Å². The Morgan fingerprint density at radius 3 is 2.93 bits per heavy atom. The van der Waals surface area contributed by atoms with Crippen LogP contribution in [0.15, 0.2) is 24.3 Å². The van der Waals surface area contributed by atoms with E-state index in [1.54, 1.807) is 0 Å². The third kappa shape index (κ3) is 2.81. The van der Waals surface area contributed by atoms with E-state index in [1.807, 2.05) is 19.1 Å². The molecule has 1 unspecified atom stereocenters. The van der Waals surface area contributed by atoms with Crippen LogP contribution in [0.2, 0.25) is 0 Å². The number of piperidine rings is 1. The predicted molar refractivity (Wildman–Crippen MR) is 105 cm³/mol. The molecular weight excluding hydrogens is 352 g/mol. The summed E-state index contributed by atoms with van der Waals surface area (Å²) in [5, 5.41) is 7.27. The number of fused-ring (bicyclic) bond motifs is 2. The second-order valence-electron chi connectivity index (χ2n) is 9.35. The van der Waals surface area contributed by atoms with Crippen LogP contribution in [0, 0.1) is 12.8 Å². The van der Waals surface area contributed by atoms with E-state index >= 15 is 0 Å². The van der Waals surface area contributed by atoms with Gasteiger partial charge in [0, 0.05) is 35.9 Å². The maximum atomic E-state index is 13.5. The summed E-state index contributed by atoms with van der Waals surface area (Å²) in [4.78, 5) is 20.0. The van der Waals surface area contributed by atoms with Gasteiger partial charge in [0.1, 0.15) is 17.2 Å². The van der Waals surface area contributed by atoms with Gasteiger partial charge in [0.15, 0.2) is 5.82 Å². The van der Waals surface area contributed by atoms with Crippen molar-refractivity contribution < 1.29 is 9.53 Å². The Hall–Kier alpha value is -2.37. The maximum Gasteiger partial charge on any atom is 0.226 e. The highest BCUT2D eigenvalue weighted by molar-refractivity contribution is 5.85. The molecule has 1 N–H and O–H groups in total. The van der Waals surface area contributed by atoms with Gasteiger partial charge in [-0.3, -0.25) is 9.89 Å². The lowest BCUT2D eigenvalue weighted by molar-refractivity contribution is -0.134. The Morgan fingerprint density at radius 2 is 2.14 bits per heavy atom. The van der Waals surface area contributed by atoms with E-state index in [0.717, 1.165) is 56.2 Å². The summed E-state index contributed by atoms with van der Waals surface area (Å²) >= 11 is 0. The molecule has 6 nitrogen and oxygen atoms in total. The molecule has 2 aromatic rings. The van der Waals surface area contributed by atoms with Crippen LogP contribution in [0.5, 0.6) is 5.75 Å². The van der Waals surface area contributed by atoms with Crippen molar-refractivity contribution in [2.24, 2.45) is 5.92 Å². The predicted octanol–water partition coefficient (Wildman–Crippen LogP) is 3.34. The van der Waals surface area contributed by atoms with Crippen LogP contribution in [0.4, 0.5) is 0 Å². The highest BCUT2D eigenvalue weighted by Crippen LogP contribution is 2.64. The molecule has 2 fully saturated rings. The number of hydrogen-bond donors (Lipinski definition) is 1. The lowest BCUT2D eigenvalue weighted by Crippen LogP contribution is -2.44. The maximum absolute atomic E-state index is 13.5. The van der Waals surface area contributed by atoms with Gasteiger partial charge in [-0.15, -0.1) is 0 Å². The lowest BCUT2D eigenvalue weighted by atomic mass is 9.79. The molecule has 0 bridgehead atoms. The van der Waals surface area contributed by atoms with Crippen LogP contribution < -0.4 is 4.74 Å². The van der Waals surface area contributed by atoms with Gasteiger partial charge in [0.2, 0.25) is 5.91 Å². The zero-order valence-electron chi connectivity index (χ0n) is 16.9. The number of hydrogen-bond acceptors (Lipinski definition) is 4. The van der Waals surface area contributed by atoms with Gasteiger partial charge in [-0.2, -0.15) is 5.10 Å². The van der Waals surface area contributed by atoms with E-state index in [9.17, 15) is 4.79 Å². The number of ether oxygens (including phenoxy) is 1. The first-order valence-electron chi connectivity index (χ1n) is 10.3. The number of benzene rings is 1. The molecule has 0 radical (unpaired) electrons.